The SMILES string of the molecule is O=C(CCBr)NCc1cscn1. The molecule has 1 aromatic rings. The second-order valence-corrected chi connectivity index (χ2v) is 3.71. The van der Waals surface area contributed by atoms with Crippen LogP contribution in [0.5, 0.6) is 0 Å². The number of alkyl halides is 1. The Morgan fingerprint density at radius 1 is 1.75 bits per heavy atom. The van der Waals surface area contributed by atoms with E-state index < -0.39 is 0 Å². The van der Waals surface area contributed by atoms with Crippen LogP contribution in [0.4, 0.5) is 0 Å². The quantitative estimate of drug-likeness (QED) is 0.822. The van der Waals surface area contributed by atoms with Crippen LogP contribution in [0.2, 0.25) is 0 Å². The number of hydrogen-bond donors (Lipinski definition) is 1. The van der Waals surface area contributed by atoms with Gasteiger partial charge in [-0.25, -0.2) is 4.98 Å². The van der Waals surface area contributed by atoms with Gasteiger partial charge < -0.3 is 5.32 Å². The maximum absolute atomic E-state index is 11.0. The Bertz CT molecular complexity index is 238. The minimum absolute atomic E-state index is 0.0554. The lowest BCUT2D eigenvalue weighted by Gasteiger charge is -1.99. The van der Waals surface area contributed by atoms with E-state index in [-0.39, 0.29) is 5.91 Å². The monoisotopic (exact) mass is 248 g/mol. The highest BCUT2D eigenvalue weighted by molar-refractivity contribution is 9.09. The summed E-state index contributed by atoms with van der Waals surface area (Å²) < 4.78 is 0. The summed E-state index contributed by atoms with van der Waals surface area (Å²) in [5, 5.41) is 5.39. The minimum Gasteiger partial charge on any atom is -0.350 e. The summed E-state index contributed by atoms with van der Waals surface area (Å²) in [4.78, 5) is 15.0. The molecule has 0 fully saturated rings. The van der Waals surface area contributed by atoms with Crippen LogP contribution in [-0.2, 0) is 11.3 Å². The molecule has 0 unspecified atom stereocenters. The van der Waals surface area contributed by atoms with Crippen molar-refractivity contribution in [3.63, 3.8) is 0 Å². The van der Waals surface area contributed by atoms with Gasteiger partial charge in [0.1, 0.15) is 0 Å². The Hall–Kier alpha value is -0.420. The molecule has 0 radical (unpaired) electrons. The van der Waals surface area contributed by atoms with Crippen molar-refractivity contribution < 1.29 is 4.79 Å². The number of halogens is 1. The second-order valence-electron chi connectivity index (χ2n) is 2.20. The van der Waals surface area contributed by atoms with Gasteiger partial charge in [0, 0.05) is 17.1 Å². The molecule has 5 heteroatoms. The van der Waals surface area contributed by atoms with Crippen molar-refractivity contribution in [2.24, 2.45) is 0 Å². The van der Waals surface area contributed by atoms with E-state index in [1.165, 1.54) is 11.3 Å². The highest BCUT2D eigenvalue weighted by Gasteiger charge is 1.99. The number of thiazole rings is 1. The smallest absolute Gasteiger partial charge is 0.221 e. The van der Waals surface area contributed by atoms with Crippen molar-refractivity contribution in [3.8, 4) is 0 Å². The van der Waals surface area contributed by atoms with Gasteiger partial charge in [-0.05, 0) is 0 Å². The molecule has 0 spiro atoms. The van der Waals surface area contributed by atoms with Gasteiger partial charge in [-0.2, -0.15) is 0 Å². The first kappa shape index (κ1) is 9.67. The molecule has 1 heterocycles. The number of carbonyl (C=O) groups is 1. The molecule has 1 amide bonds. The minimum atomic E-state index is 0.0554. The molecular formula is C7H9BrN2OS. The van der Waals surface area contributed by atoms with Crippen LogP contribution in [0.1, 0.15) is 12.1 Å². The van der Waals surface area contributed by atoms with Gasteiger partial charge in [0.05, 0.1) is 17.7 Å². The average molecular weight is 249 g/mol. The van der Waals surface area contributed by atoms with Gasteiger partial charge in [-0.1, -0.05) is 15.9 Å². The van der Waals surface area contributed by atoms with E-state index in [4.69, 9.17) is 0 Å². The summed E-state index contributed by atoms with van der Waals surface area (Å²) >= 11 is 4.73. The zero-order chi connectivity index (χ0) is 8.81. The fraction of sp³-hybridized carbons (Fsp3) is 0.429. The lowest BCUT2D eigenvalue weighted by atomic mass is 10.4. The molecule has 0 aliphatic heterocycles. The summed E-state index contributed by atoms with van der Waals surface area (Å²) in [7, 11) is 0. The zero-order valence-corrected chi connectivity index (χ0v) is 8.82. The Morgan fingerprint density at radius 2 is 2.58 bits per heavy atom. The third-order valence-corrected chi connectivity index (χ3v) is 2.30. The third kappa shape index (κ3) is 3.32. The molecular weight excluding hydrogens is 240 g/mol. The standard InChI is InChI=1S/C7H9BrN2OS/c8-2-1-7(11)9-3-6-4-12-5-10-6/h4-5H,1-3H2,(H,9,11). The number of nitrogens with zero attached hydrogens (tertiary/aromatic N) is 1. The lowest BCUT2D eigenvalue weighted by Crippen LogP contribution is -2.22. The number of nitrogens with one attached hydrogen (secondary N) is 1. The molecule has 1 N–H and O–H groups in total. The first-order valence-corrected chi connectivity index (χ1v) is 5.59. The van der Waals surface area contributed by atoms with Gasteiger partial charge in [0.25, 0.3) is 0 Å². The number of aromatic nitrogens is 1. The maximum atomic E-state index is 11.0. The molecule has 0 saturated carbocycles. The first-order chi connectivity index (χ1) is 5.83. The van der Waals surface area contributed by atoms with Crippen LogP contribution in [0, 0.1) is 0 Å². The molecule has 66 valence electrons. The third-order valence-electron chi connectivity index (χ3n) is 1.27. The van der Waals surface area contributed by atoms with E-state index in [1.54, 1.807) is 5.51 Å². The Kier molecular flexibility index (Phi) is 4.24. The van der Waals surface area contributed by atoms with Crippen molar-refractivity contribution in [1.29, 1.82) is 0 Å². The lowest BCUT2D eigenvalue weighted by molar-refractivity contribution is -0.120. The Morgan fingerprint density at radius 3 is 3.17 bits per heavy atom. The summed E-state index contributed by atoms with van der Waals surface area (Å²) in [6, 6.07) is 0. The molecule has 1 rings (SSSR count). The maximum Gasteiger partial charge on any atom is 0.221 e. The van der Waals surface area contributed by atoms with Crippen molar-refractivity contribution in [3.05, 3.63) is 16.6 Å². The second kappa shape index (κ2) is 5.27. The predicted octanol–water partition coefficient (Wildman–Crippen LogP) is 1.54. The molecule has 0 atom stereocenters. The average Bonchev–Trinajstić information content (AvgIpc) is 2.53. The van der Waals surface area contributed by atoms with Crippen molar-refractivity contribution in [2.75, 3.05) is 5.33 Å². The molecule has 3 nitrogen and oxygen atoms in total. The van der Waals surface area contributed by atoms with Gasteiger partial charge in [-0.15, -0.1) is 11.3 Å². The Labute approximate surface area is 83.3 Å². The topological polar surface area (TPSA) is 42.0 Å². The van der Waals surface area contributed by atoms with E-state index >= 15 is 0 Å². The summed E-state index contributed by atoms with van der Waals surface area (Å²) in [6.45, 7) is 0.537. The van der Waals surface area contributed by atoms with Crippen LogP contribution in [0.25, 0.3) is 0 Å². The molecule has 0 aromatic carbocycles. The highest BCUT2D eigenvalue weighted by atomic mass is 79.9. The number of rotatable bonds is 4. The van der Waals surface area contributed by atoms with Gasteiger partial charge in [0.15, 0.2) is 0 Å². The van der Waals surface area contributed by atoms with E-state index in [0.717, 1.165) is 5.69 Å². The van der Waals surface area contributed by atoms with Crippen LogP contribution in [0.15, 0.2) is 10.9 Å². The van der Waals surface area contributed by atoms with E-state index in [0.29, 0.717) is 18.3 Å². The van der Waals surface area contributed by atoms with Gasteiger partial charge >= 0.3 is 0 Å². The Balaban J connectivity index is 2.22. The van der Waals surface area contributed by atoms with E-state index in [2.05, 4.69) is 26.2 Å². The fourth-order valence-electron chi connectivity index (χ4n) is 0.688. The largest absolute Gasteiger partial charge is 0.350 e. The summed E-state index contributed by atoms with van der Waals surface area (Å²) in [5.74, 6) is 0.0554. The first-order valence-electron chi connectivity index (χ1n) is 3.52. The van der Waals surface area contributed by atoms with Gasteiger partial charge in [0.2, 0.25) is 5.91 Å². The van der Waals surface area contributed by atoms with E-state index in [9.17, 15) is 4.79 Å². The fourth-order valence-corrected chi connectivity index (χ4v) is 1.61. The number of amides is 1. The summed E-state index contributed by atoms with van der Waals surface area (Å²) in [5.41, 5.74) is 2.68. The van der Waals surface area contributed by atoms with E-state index in [1.807, 2.05) is 5.38 Å². The molecule has 0 bridgehead atoms. The van der Waals surface area contributed by atoms with Gasteiger partial charge in [-0.3, -0.25) is 4.79 Å². The normalized spacial score (nSPS) is 9.75. The molecule has 0 saturated heterocycles. The molecule has 0 aliphatic carbocycles. The van der Waals surface area contributed by atoms with Crippen LogP contribution >= 0.6 is 27.3 Å². The van der Waals surface area contributed by atoms with Crippen LogP contribution in [0.3, 0.4) is 0 Å². The van der Waals surface area contributed by atoms with Crippen molar-refractivity contribution in [1.82, 2.24) is 10.3 Å². The number of hydrogen-bond acceptors (Lipinski definition) is 3. The molecule has 0 aliphatic rings. The predicted molar refractivity (Wildman–Crippen MR) is 52.4 cm³/mol. The zero-order valence-electron chi connectivity index (χ0n) is 6.42. The van der Waals surface area contributed by atoms with Crippen LogP contribution < -0.4 is 5.32 Å². The molecule has 1 aromatic heterocycles. The highest BCUT2D eigenvalue weighted by Crippen LogP contribution is 1.99. The van der Waals surface area contributed by atoms with Crippen LogP contribution in [-0.4, -0.2) is 16.2 Å². The summed E-state index contributed by atoms with van der Waals surface area (Å²) in [6.07, 6.45) is 0.518. The van der Waals surface area contributed by atoms with Crippen molar-refractivity contribution in [2.45, 2.75) is 13.0 Å². The molecule has 12 heavy (non-hydrogen) atoms. The van der Waals surface area contributed by atoms with Crippen molar-refractivity contribution >= 4 is 33.2 Å². The number of carbonyl (C=O) groups excluding carboxylic acids is 1.